The third-order valence-corrected chi connectivity index (χ3v) is 2.84. The second-order valence-corrected chi connectivity index (χ2v) is 4.20. The molecule has 0 saturated heterocycles. The minimum absolute atomic E-state index is 0.233. The van der Waals surface area contributed by atoms with Crippen molar-refractivity contribution in [1.29, 1.82) is 0 Å². The van der Waals surface area contributed by atoms with Gasteiger partial charge in [-0.05, 0) is 29.8 Å². The second-order valence-electron chi connectivity index (χ2n) is 4.20. The van der Waals surface area contributed by atoms with Crippen molar-refractivity contribution in [3.8, 4) is 5.75 Å². The first-order valence-electron chi connectivity index (χ1n) is 5.82. The highest BCUT2D eigenvalue weighted by Gasteiger charge is 2.14. The Balaban J connectivity index is 2.18. The van der Waals surface area contributed by atoms with Gasteiger partial charge in [-0.2, -0.15) is 0 Å². The lowest BCUT2D eigenvalue weighted by Crippen LogP contribution is -2.05. The number of hydrogen-bond acceptors (Lipinski definition) is 4. The lowest BCUT2D eigenvalue weighted by Gasteiger charge is -2.13. The molecule has 0 aliphatic rings. The average molecular weight is 262 g/mol. The number of halogens is 1. The average Bonchev–Trinajstić information content (AvgIpc) is 2.38. The third kappa shape index (κ3) is 3.20. The molecule has 0 aliphatic carbocycles. The molecular weight excluding hydrogens is 247 g/mol. The first-order valence-corrected chi connectivity index (χ1v) is 5.82. The van der Waals surface area contributed by atoms with Crippen molar-refractivity contribution in [3.05, 3.63) is 53.5 Å². The molecule has 3 N–H and O–H groups in total. The van der Waals surface area contributed by atoms with Gasteiger partial charge >= 0.3 is 0 Å². The van der Waals surface area contributed by atoms with Crippen LogP contribution in [0.1, 0.15) is 17.2 Å². The van der Waals surface area contributed by atoms with Crippen LogP contribution in [0.5, 0.6) is 5.75 Å². The number of nitrogens with zero attached hydrogens (tertiary/aromatic N) is 1. The summed E-state index contributed by atoms with van der Waals surface area (Å²) in [4.78, 5) is 3.87. The molecule has 2 rings (SSSR count). The van der Waals surface area contributed by atoms with Gasteiger partial charge in [0.25, 0.3) is 0 Å². The summed E-state index contributed by atoms with van der Waals surface area (Å²) < 4.78 is 18.7. The monoisotopic (exact) mass is 262 g/mol. The van der Waals surface area contributed by atoms with Crippen molar-refractivity contribution in [1.82, 2.24) is 4.98 Å². The zero-order valence-electron chi connectivity index (χ0n) is 10.5. The van der Waals surface area contributed by atoms with Gasteiger partial charge in [0, 0.05) is 24.2 Å². The molecule has 1 aromatic carbocycles. The van der Waals surface area contributed by atoms with E-state index in [9.17, 15) is 9.50 Å². The molecule has 2 aromatic rings. The van der Waals surface area contributed by atoms with Crippen molar-refractivity contribution in [2.75, 3.05) is 12.8 Å². The largest absolute Gasteiger partial charge is 0.497 e. The molecule has 0 aliphatic heterocycles. The van der Waals surface area contributed by atoms with Gasteiger partial charge in [-0.3, -0.25) is 0 Å². The highest BCUT2D eigenvalue weighted by Crippen LogP contribution is 2.24. The molecule has 0 radical (unpaired) electrons. The summed E-state index contributed by atoms with van der Waals surface area (Å²) in [7, 11) is 1.46. The lowest BCUT2D eigenvalue weighted by atomic mass is 10.0. The normalized spacial score (nSPS) is 12.2. The van der Waals surface area contributed by atoms with E-state index in [1.807, 2.05) is 0 Å². The molecule has 19 heavy (non-hydrogen) atoms. The number of aromatic nitrogens is 1. The number of aliphatic hydroxyl groups is 1. The fraction of sp³-hybridized carbons (Fsp3) is 0.214. The molecule has 0 bridgehead atoms. The number of benzene rings is 1. The van der Waals surface area contributed by atoms with Crippen LogP contribution < -0.4 is 10.5 Å². The topological polar surface area (TPSA) is 68.4 Å². The summed E-state index contributed by atoms with van der Waals surface area (Å²) in [6, 6.07) is 7.77. The molecule has 1 aromatic heterocycles. The Labute approximate surface area is 110 Å². The smallest absolute Gasteiger partial charge is 0.132 e. The number of aliphatic hydroxyl groups excluding tert-OH is 1. The first kappa shape index (κ1) is 13.3. The first-order chi connectivity index (χ1) is 9.10. The number of methoxy groups -OCH3 is 1. The van der Waals surface area contributed by atoms with E-state index < -0.39 is 11.9 Å². The van der Waals surface area contributed by atoms with Crippen LogP contribution in [0.3, 0.4) is 0 Å². The van der Waals surface area contributed by atoms with E-state index in [1.165, 1.54) is 19.2 Å². The summed E-state index contributed by atoms with van der Waals surface area (Å²) in [5, 5.41) is 10.1. The molecule has 4 nitrogen and oxygen atoms in total. The second kappa shape index (κ2) is 5.67. The van der Waals surface area contributed by atoms with Crippen LogP contribution >= 0.6 is 0 Å². The Morgan fingerprint density at radius 3 is 2.79 bits per heavy atom. The SMILES string of the molecule is COc1ccc(C(O)Cc2ccnc(N)c2)c(F)c1. The van der Waals surface area contributed by atoms with Crippen molar-refractivity contribution < 1.29 is 14.2 Å². The van der Waals surface area contributed by atoms with Crippen LogP contribution in [0.2, 0.25) is 0 Å². The van der Waals surface area contributed by atoms with E-state index in [1.54, 1.807) is 24.4 Å². The highest BCUT2D eigenvalue weighted by atomic mass is 19.1. The number of rotatable bonds is 4. The Hall–Kier alpha value is -2.14. The van der Waals surface area contributed by atoms with Crippen molar-refractivity contribution in [2.45, 2.75) is 12.5 Å². The summed E-state index contributed by atoms with van der Waals surface area (Å²) in [6.45, 7) is 0. The molecule has 1 unspecified atom stereocenters. The molecule has 0 fully saturated rings. The summed E-state index contributed by atoms with van der Waals surface area (Å²) in [6.07, 6.45) is 0.894. The summed E-state index contributed by atoms with van der Waals surface area (Å²) >= 11 is 0. The minimum atomic E-state index is -0.937. The van der Waals surface area contributed by atoms with Crippen molar-refractivity contribution in [2.24, 2.45) is 0 Å². The van der Waals surface area contributed by atoms with Crippen LogP contribution in [0.4, 0.5) is 10.2 Å². The van der Waals surface area contributed by atoms with Gasteiger partial charge in [0.2, 0.25) is 0 Å². The number of ether oxygens (including phenoxy) is 1. The minimum Gasteiger partial charge on any atom is -0.497 e. The van der Waals surface area contributed by atoms with Crippen molar-refractivity contribution in [3.63, 3.8) is 0 Å². The van der Waals surface area contributed by atoms with Crippen LogP contribution in [0, 0.1) is 5.82 Å². The molecule has 100 valence electrons. The highest BCUT2D eigenvalue weighted by molar-refractivity contribution is 5.34. The van der Waals surface area contributed by atoms with E-state index in [0.717, 1.165) is 5.56 Å². The van der Waals surface area contributed by atoms with Crippen LogP contribution in [-0.2, 0) is 6.42 Å². The van der Waals surface area contributed by atoms with Crippen LogP contribution in [0.25, 0.3) is 0 Å². The predicted octanol–water partition coefficient (Wildman–Crippen LogP) is 2.09. The Bertz CT molecular complexity index is 575. The summed E-state index contributed by atoms with van der Waals surface area (Å²) in [5.74, 6) is 0.301. The van der Waals surface area contributed by atoms with E-state index in [0.29, 0.717) is 11.6 Å². The van der Waals surface area contributed by atoms with Gasteiger partial charge in [0.05, 0.1) is 13.2 Å². The van der Waals surface area contributed by atoms with Crippen molar-refractivity contribution >= 4 is 5.82 Å². The molecule has 0 spiro atoms. The van der Waals surface area contributed by atoms with Gasteiger partial charge in [-0.15, -0.1) is 0 Å². The quantitative estimate of drug-likeness (QED) is 0.885. The number of nitrogen functional groups attached to an aromatic ring is 1. The van der Waals surface area contributed by atoms with Crippen LogP contribution in [-0.4, -0.2) is 17.2 Å². The Morgan fingerprint density at radius 2 is 2.16 bits per heavy atom. The molecule has 0 saturated carbocycles. The van der Waals surface area contributed by atoms with Crippen LogP contribution in [0.15, 0.2) is 36.5 Å². The maximum Gasteiger partial charge on any atom is 0.132 e. The number of nitrogens with two attached hydrogens (primary N) is 1. The zero-order valence-corrected chi connectivity index (χ0v) is 10.5. The maximum absolute atomic E-state index is 13.8. The van der Waals surface area contributed by atoms with Gasteiger partial charge in [0.15, 0.2) is 0 Å². The maximum atomic E-state index is 13.8. The van der Waals surface area contributed by atoms with Gasteiger partial charge in [-0.1, -0.05) is 0 Å². The molecular formula is C14H15FN2O2. The van der Waals surface area contributed by atoms with Gasteiger partial charge in [-0.25, -0.2) is 9.37 Å². The van der Waals surface area contributed by atoms with E-state index in [4.69, 9.17) is 10.5 Å². The molecule has 0 amide bonds. The zero-order chi connectivity index (χ0) is 13.8. The Morgan fingerprint density at radius 1 is 1.37 bits per heavy atom. The third-order valence-electron chi connectivity index (χ3n) is 2.84. The van der Waals surface area contributed by atoms with E-state index in [-0.39, 0.29) is 12.0 Å². The van der Waals surface area contributed by atoms with E-state index in [2.05, 4.69) is 4.98 Å². The van der Waals surface area contributed by atoms with Gasteiger partial charge in [0.1, 0.15) is 17.4 Å². The fourth-order valence-corrected chi connectivity index (χ4v) is 1.86. The standard InChI is InChI=1S/C14H15FN2O2/c1-19-10-2-3-11(12(15)8-10)13(18)6-9-4-5-17-14(16)7-9/h2-5,7-8,13,18H,6H2,1H3,(H2,16,17). The fourth-order valence-electron chi connectivity index (χ4n) is 1.86. The molecule has 1 heterocycles. The molecule has 5 heteroatoms. The number of hydrogen-bond donors (Lipinski definition) is 2. The number of anilines is 1. The lowest BCUT2D eigenvalue weighted by molar-refractivity contribution is 0.173. The van der Waals surface area contributed by atoms with Gasteiger partial charge < -0.3 is 15.6 Å². The van der Waals surface area contributed by atoms with E-state index >= 15 is 0 Å². The summed E-state index contributed by atoms with van der Waals surface area (Å²) in [5.41, 5.74) is 6.59. The predicted molar refractivity (Wildman–Crippen MR) is 70.3 cm³/mol. The number of pyridine rings is 1. The molecule has 1 atom stereocenters. The Kier molecular flexibility index (Phi) is 3.97.